The van der Waals surface area contributed by atoms with E-state index in [1.807, 2.05) is 30.3 Å². The average Bonchev–Trinajstić information content (AvgIpc) is 3.33. The van der Waals surface area contributed by atoms with Gasteiger partial charge in [0.1, 0.15) is 6.04 Å². The summed E-state index contributed by atoms with van der Waals surface area (Å²) in [5.74, 6) is -1.78. The highest BCUT2D eigenvalue weighted by atomic mass is 32.1. The van der Waals surface area contributed by atoms with Crippen molar-refractivity contribution in [3.05, 3.63) is 92.7 Å². The number of nitro groups is 1. The van der Waals surface area contributed by atoms with Crippen molar-refractivity contribution < 1.29 is 24.0 Å². The Morgan fingerprint density at radius 2 is 1.72 bits per heavy atom. The van der Waals surface area contributed by atoms with Crippen LogP contribution >= 0.6 is 11.3 Å². The van der Waals surface area contributed by atoms with E-state index >= 15 is 0 Å². The summed E-state index contributed by atoms with van der Waals surface area (Å²) in [6, 6.07) is 16.7. The van der Waals surface area contributed by atoms with Gasteiger partial charge in [0, 0.05) is 24.2 Å². The topological polar surface area (TPSA) is 128 Å². The summed E-state index contributed by atoms with van der Waals surface area (Å²) < 4.78 is 5.12. The molecule has 1 unspecified atom stereocenters. The molecule has 10 heteroatoms. The van der Waals surface area contributed by atoms with E-state index in [0.717, 1.165) is 5.56 Å². The van der Waals surface area contributed by atoms with E-state index < -0.39 is 35.4 Å². The van der Waals surface area contributed by atoms with Crippen molar-refractivity contribution in [3.63, 3.8) is 0 Å². The molecule has 1 atom stereocenters. The number of nitrogens with zero attached hydrogens (tertiary/aromatic N) is 1. The Morgan fingerprint density at radius 3 is 2.34 bits per heavy atom. The number of rotatable bonds is 9. The van der Waals surface area contributed by atoms with Crippen LogP contribution in [0.5, 0.6) is 0 Å². The van der Waals surface area contributed by atoms with Crippen LogP contribution in [0.25, 0.3) is 0 Å². The SMILES string of the molecule is O=C(COC(=O)C(Cc1ccccc1)NC(=O)c1cccs1)Nc1ccc([N+](=O)[O-])cc1. The number of hydrogen-bond acceptors (Lipinski definition) is 7. The minimum Gasteiger partial charge on any atom is -0.454 e. The first-order valence-corrected chi connectivity index (χ1v) is 10.4. The Hall–Kier alpha value is -4.05. The molecule has 0 fully saturated rings. The third-order valence-electron chi connectivity index (χ3n) is 4.32. The summed E-state index contributed by atoms with van der Waals surface area (Å²) in [5, 5.41) is 17.6. The number of benzene rings is 2. The third-order valence-corrected chi connectivity index (χ3v) is 5.19. The molecule has 1 aromatic heterocycles. The van der Waals surface area contributed by atoms with Gasteiger partial charge in [-0.15, -0.1) is 11.3 Å². The highest BCUT2D eigenvalue weighted by molar-refractivity contribution is 7.12. The van der Waals surface area contributed by atoms with Gasteiger partial charge in [-0.2, -0.15) is 0 Å². The maximum absolute atomic E-state index is 12.6. The second-order valence-corrected chi connectivity index (χ2v) is 7.60. The maximum Gasteiger partial charge on any atom is 0.329 e. The summed E-state index contributed by atoms with van der Waals surface area (Å²) in [4.78, 5) is 47.8. The fourth-order valence-corrected chi connectivity index (χ4v) is 3.41. The number of nitro benzene ring substituents is 1. The van der Waals surface area contributed by atoms with Crippen LogP contribution in [0.2, 0.25) is 0 Å². The minimum absolute atomic E-state index is 0.111. The number of amides is 2. The van der Waals surface area contributed by atoms with Gasteiger partial charge in [-0.1, -0.05) is 36.4 Å². The number of hydrogen-bond donors (Lipinski definition) is 2. The Balaban J connectivity index is 1.60. The van der Waals surface area contributed by atoms with E-state index in [-0.39, 0.29) is 12.1 Å². The van der Waals surface area contributed by atoms with Crippen molar-refractivity contribution >= 4 is 40.5 Å². The molecule has 3 aromatic rings. The largest absolute Gasteiger partial charge is 0.454 e. The van der Waals surface area contributed by atoms with Crippen molar-refractivity contribution in [1.82, 2.24) is 5.32 Å². The standard InChI is InChI=1S/C22H19N3O6S/c26-20(23-16-8-10-17(11-9-16)25(29)30)14-31-22(28)18(13-15-5-2-1-3-6-15)24-21(27)19-7-4-12-32-19/h1-12,18H,13-14H2,(H,23,26)(H,24,27). The highest BCUT2D eigenvalue weighted by Crippen LogP contribution is 2.15. The first kappa shape index (κ1) is 22.6. The van der Waals surface area contributed by atoms with Crippen LogP contribution in [0.15, 0.2) is 72.1 Å². The van der Waals surface area contributed by atoms with Gasteiger partial charge in [0.15, 0.2) is 6.61 Å². The molecule has 2 aromatic carbocycles. The van der Waals surface area contributed by atoms with Crippen molar-refractivity contribution in [2.24, 2.45) is 0 Å². The molecular formula is C22H19N3O6S. The van der Waals surface area contributed by atoms with Crippen LogP contribution < -0.4 is 10.6 Å². The molecule has 1 heterocycles. The van der Waals surface area contributed by atoms with Crippen molar-refractivity contribution in [2.45, 2.75) is 12.5 Å². The van der Waals surface area contributed by atoms with Gasteiger partial charge in [-0.05, 0) is 29.1 Å². The number of anilines is 1. The number of non-ortho nitro benzene ring substituents is 1. The monoisotopic (exact) mass is 453 g/mol. The lowest BCUT2D eigenvalue weighted by molar-refractivity contribution is -0.384. The molecule has 0 aliphatic carbocycles. The molecule has 2 amide bonds. The zero-order chi connectivity index (χ0) is 22.9. The Morgan fingerprint density at radius 1 is 1.00 bits per heavy atom. The van der Waals surface area contributed by atoms with Gasteiger partial charge in [0.05, 0.1) is 9.80 Å². The lowest BCUT2D eigenvalue weighted by Gasteiger charge is -2.17. The molecule has 0 spiro atoms. The summed E-state index contributed by atoms with van der Waals surface area (Å²) in [6.07, 6.45) is 0.195. The van der Waals surface area contributed by atoms with Crippen LogP contribution in [-0.4, -0.2) is 35.4 Å². The molecule has 3 rings (SSSR count). The minimum atomic E-state index is -0.987. The molecule has 0 aliphatic heterocycles. The number of nitrogens with one attached hydrogen (secondary N) is 2. The molecule has 0 saturated heterocycles. The zero-order valence-electron chi connectivity index (χ0n) is 16.7. The summed E-state index contributed by atoms with van der Waals surface area (Å²) >= 11 is 1.24. The first-order valence-electron chi connectivity index (χ1n) is 9.51. The van der Waals surface area contributed by atoms with Gasteiger partial charge >= 0.3 is 5.97 Å². The number of thiophene rings is 1. The summed E-state index contributed by atoms with van der Waals surface area (Å²) in [5.41, 5.74) is 1.03. The van der Waals surface area contributed by atoms with Gasteiger partial charge in [-0.25, -0.2) is 4.79 Å². The summed E-state index contributed by atoms with van der Waals surface area (Å²) in [7, 11) is 0. The Kier molecular flexibility index (Phi) is 7.65. The van der Waals surface area contributed by atoms with E-state index in [4.69, 9.17) is 4.74 Å². The Bertz CT molecular complexity index is 1080. The predicted molar refractivity (Wildman–Crippen MR) is 118 cm³/mol. The average molecular weight is 453 g/mol. The normalized spacial score (nSPS) is 11.2. The number of carbonyl (C=O) groups is 3. The molecule has 0 saturated carbocycles. The van der Waals surface area contributed by atoms with E-state index in [9.17, 15) is 24.5 Å². The molecular weight excluding hydrogens is 434 g/mol. The Labute approximate surface area is 187 Å². The second-order valence-electron chi connectivity index (χ2n) is 6.65. The number of carbonyl (C=O) groups excluding carboxylic acids is 3. The predicted octanol–water partition coefficient (Wildman–Crippen LogP) is 3.18. The fourth-order valence-electron chi connectivity index (χ4n) is 2.78. The van der Waals surface area contributed by atoms with Crippen LogP contribution in [-0.2, 0) is 20.7 Å². The molecule has 0 aliphatic rings. The second kappa shape index (κ2) is 10.8. The number of esters is 1. The van der Waals surface area contributed by atoms with E-state index in [1.54, 1.807) is 17.5 Å². The maximum atomic E-state index is 12.6. The molecule has 0 bridgehead atoms. The molecule has 32 heavy (non-hydrogen) atoms. The van der Waals surface area contributed by atoms with Crippen molar-refractivity contribution in [3.8, 4) is 0 Å². The lowest BCUT2D eigenvalue weighted by atomic mass is 10.1. The summed E-state index contributed by atoms with van der Waals surface area (Å²) in [6.45, 7) is -0.573. The van der Waals surface area contributed by atoms with E-state index in [2.05, 4.69) is 10.6 Å². The van der Waals surface area contributed by atoms with Crippen molar-refractivity contribution in [2.75, 3.05) is 11.9 Å². The zero-order valence-corrected chi connectivity index (χ0v) is 17.5. The molecule has 164 valence electrons. The third kappa shape index (κ3) is 6.47. The molecule has 2 N–H and O–H groups in total. The van der Waals surface area contributed by atoms with E-state index in [0.29, 0.717) is 10.6 Å². The highest BCUT2D eigenvalue weighted by Gasteiger charge is 2.24. The smallest absolute Gasteiger partial charge is 0.329 e. The quantitative estimate of drug-likeness (QED) is 0.291. The number of ether oxygens (including phenoxy) is 1. The van der Waals surface area contributed by atoms with Crippen LogP contribution in [0.4, 0.5) is 11.4 Å². The van der Waals surface area contributed by atoms with Gasteiger partial charge in [-0.3, -0.25) is 19.7 Å². The van der Waals surface area contributed by atoms with E-state index in [1.165, 1.54) is 35.6 Å². The van der Waals surface area contributed by atoms with Crippen LogP contribution in [0.1, 0.15) is 15.2 Å². The van der Waals surface area contributed by atoms with Gasteiger partial charge < -0.3 is 15.4 Å². The van der Waals surface area contributed by atoms with Gasteiger partial charge in [0.2, 0.25) is 0 Å². The first-order chi connectivity index (χ1) is 15.4. The van der Waals surface area contributed by atoms with Gasteiger partial charge in [0.25, 0.3) is 17.5 Å². The van der Waals surface area contributed by atoms with Crippen molar-refractivity contribution in [1.29, 1.82) is 0 Å². The molecule has 9 nitrogen and oxygen atoms in total. The van der Waals surface area contributed by atoms with Crippen LogP contribution in [0, 0.1) is 10.1 Å². The lowest BCUT2D eigenvalue weighted by Crippen LogP contribution is -2.43. The molecule has 0 radical (unpaired) electrons. The fraction of sp³-hybridized carbons (Fsp3) is 0.136. The van der Waals surface area contributed by atoms with Crippen LogP contribution in [0.3, 0.4) is 0 Å².